The van der Waals surface area contributed by atoms with Gasteiger partial charge in [-0.1, -0.05) is 72.8 Å². The van der Waals surface area contributed by atoms with Gasteiger partial charge in [0.2, 0.25) is 5.88 Å². The first-order valence-corrected chi connectivity index (χ1v) is 10.6. The van der Waals surface area contributed by atoms with Gasteiger partial charge in [-0.25, -0.2) is 9.78 Å². The maximum absolute atomic E-state index is 12.8. The number of hydrogen-bond donors (Lipinski definition) is 0. The highest BCUT2D eigenvalue weighted by molar-refractivity contribution is 6.05. The Bertz CT molecular complexity index is 1430. The summed E-state index contributed by atoms with van der Waals surface area (Å²) in [6.07, 6.45) is 1.77. The molecule has 0 aliphatic heterocycles. The Morgan fingerprint density at radius 1 is 0.727 bits per heavy atom. The van der Waals surface area contributed by atoms with Crippen LogP contribution in [0.3, 0.4) is 0 Å². The van der Waals surface area contributed by atoms with Crippen molar-refractivity contribution >= 4 is 16.7 Å². The van der Waals surface area contributed by atoms with E-state index in [0.29, 0.717) is 17.2 Å². The summed E-state index contributed by atoms with van der Waals surface area (Å²) >= 11 is 0. The van der Waals surface area contributed by atoms with Gasteiger partial charge < -0.3 is 9.47 Å². The normalized spacial score (nSPS) is 10.7. The minimum absolute atomic E-state index is 0.414. The molecule has 0 spiro atoms. The first-order chi connectivity index (χ1) is 16.2. The number of rotatable bonds is 5. The second-order valence-corrected chi connectivity index (χ2v) is 7.56. The third kappa shape index (κ3) is 4.06. The first kappa shape index (κ1) is 20.5. The minimum atomic E-state index is -0.414. The molecule has 0 N–H and O–H groups in total. The molecule has 0 aliphatic carbocycles. The molecule has 1 aromatic heterocycles. The van der Waals surface area contributed by atoms with Gasteiger partial charge in [-0.15, -0.1) is 0 Å². The molecule has 33 heavy (non-hydrogen) atoms. The molecule has 0 amide bonds. The summed E-state index contributed by atoms with van der Waals surface area (Å²) in [6, 6.07) is 33.0. The maximum atomic E-state index is 12.8. The van der Waals surface area contributed by atoms with Gasteiger partial charge in [-0.3, -0.25) is 0 Å². The van der Waals surface area contributed by atoms with E-state index in [1.807, 2.05) is 60.7 Å². The largest absolute Gasteiger partial charge is 0.481 e. The van der Waals surface area contributed by atoms with Gasteiger partial charge in [0.25, 0.3) is 0 Å². The number of hydrogen-bond acceptors (Lipinski definition) is 4. The van der Waals surface area contributed by atoms with Crippen molar-refractivity contribution in [1.29, 1.82) is 0 Å². The molecule has 5 aromatic rings. The van der Waals surface area contributed by atoms with Crippen molar-refractivity contribution in [3.05, 3.63) is 115 Å². The maximum Gasteiger partial charge on any atom is 0.343 e. The average Bonchev–Trinajstić information content (AvgIpc) is 2.89. The number of fused-ring (bicyclic) bond motifs is 1. The van der Waals surface area contributed by atoms with E-state index in [0.717, 1.165) is 33.0 Å². The number of pyridine rings is 1. The van der Waals surface area contributed by atoms with Crippen molar-refractivity contribution in [2.45, 2.75) is 0 Å². The molecular weight excluding hydrogens is 410 g/mol. The molecule has 4 nitrogen and oxygen atoms in total. The van der Waals surface area contributed by atoms with Crippen LogP contribution in [-0.4, -0.2) is 18.1 Å². The lowest BCUT2D eigenvalue weighted by molar-refractivity contribution is 0.0737. The standard InChI is InChI=1S/C29H21NO3/c1-32-28-24-16-9-17-26(33-29(31)21-12-6-3-7-13-21)27(24)25(19-30-28)23-15-8-14-22(18-23)20-10-4-2-5-11-20/h2-19H,1H3. The number of methoxy groups -OCH3 is 1. The van der Waals surface area contributed by atoms with E-state index in [1.54, 1.807) is 31.5 Å². The third-order valence-corrected chi connectivity index (χ3v) is 5.52. The van der Waals surface area contributed by atoms with Gasteiger partial charge in [0.1, 0.15) is 5.75 Å². The monoisotopic (exact) mass is 431 g/mol. The molecule has 1 heterocycles. The van der Waals surface area contributed by atoms with Crippen molar-refractivity contribution in [3.8, 4) is 33.9 Å². The zero-order chi connectivity index (χ0) is 22.6. The molecule has 0 aliphatic rings. The van der Waals surface area contributed by atoms with E-state index in [2.05, 4.69) is 29.2 Å². The van der Waals surface area contributed by atoms with Crippen LogP contribution >= 0.6 is 0 Å². The van der Waals surface area contributed by atoms with E-state index in [1.165, 1.54) is 0 Å². The Morgan fingerprint density at radius 2 is 1.39 bits per heavy atom. The van der Waals surface area contributed by atoms with Crippen LogP contribution in [0.15, 0.2) is 109 Å². The molecule has 0 saturated carbocycles. The van der Waals surface area contributed by atoms with Crippen molar-refractivity contribution in [2.75, 3.05) is 7.11 Å². The fraction of sp³-hybridized carbons (Fsp3) is 0.0345. The van der Waals surface area contributed by atoms with Crippen LogP contribution in [0, 0.1) is 0 Å². The topological polar surface area (TPSA) is 48.4 Å². The van der Waals surface area contributed by atoms with Gasteiger partial charge in [0, 0.05) is 22.5 Å². The minimum Gasteiger partial charge on any atom is -0.481 e. The van der Waals surface area contributed by atoms with Gasteiger partial charge >= 0.3 is 5.97 Å². The summed E-state index contributed by atoms with van der Waals surface area (Å²) < 4.78 is 11.4. The van der Waals surface area contributed by atoms with Gasteiger partial charge in [-0.05, 0) is 47.0 Å². The number of carbonyl (C=O) groups is 1. The Morgan fingerprint density at radius 3 is 2.15 bits per heavy atom. The SMILES string of the molecule is COc1ncc(-c2cccc(-c3ccccc3)c2)c2c(OC(=O)c3ccccc3)cccc12. The average molecular weight is 431 g/mol. The van der Waals surface area contributed by atoms with Crippen LogP contribution < -0.4 is 9.47 Å². The highest BCUT2D eigenvalue weighted by Gasteiger charge is 2.17. The summed E-state index contributed by atoms with van der Waals surface area (Å²) in [6.45, 7) is 0. The Labute approximate surface area is 192 Å². The number of ether oxygens (including phenoxy) is 2. The van der Waals surface area contributed by atoms with Crippen LogP contribution in [0.4, 0.5) is 0 Å². The second-order valence-electron chi connectivity index (χ2n) is 7.56. The summed E-state index contributed by atoms with van der Waals surface area (Å²) in [7, 11) is 1.58. The van der Waals surface area contributed by atoms with Crippen LogP contribution in [0.5, 0.6) is 11.6 Å². The van der Waals surface area contributed by atoms with Crippen molar-refractivity contribution < 1.29 is 14.3 Å². The lowest BCUT2D eigenvalue weighted by Gasteiger charge is -2.14. The lowest BCUT2D eigenvalue weighted by atomic mass is 9.96. The Hall–Kier alpha value is -4.44. The predicted octanol–water partition coefficient (Wildman–Crippen LogP) is 6.80. The highest BCUT2D eigenvalue weighted by Crippen LogP contribution is 2.39. The molecular formula is C29H21NO3. The molecule has 160 valence electrons. The van der Waals surface area contributed by atoms with E-state index in [4.69, 9.17) is 9.47 Å². The number of esters is 1. The van der Waals surface area contributed by atoms with Crippen molar-refractivity contribution in [1.82, 2.24) is 4.98 Å². The van der Waals surface area contributed by atoms with Crippen LogP contribution in [-0.2, 0) is 0 Å². The second kappa shape index (κ2) is 8.97. The summed E-state index contributed by atoms with van der Waals surface area (Å²) in [4.78, 5) is 17.3. The van der Waals surface area contributed by atoms with E-state index in [9.17, 15) is 4.79 Å². The van der Waals surface area contributed by atoms with E-state index >= 15 is 0 Å². The summed E-state index contributed by atoms with van der Waals surface area (Å²) in [5, 5.41) is 1.55. The van der Waals surface area contributed by atoms with Crippen molar-refractivity contribution in [2.24, 2.45) is 0 Å². The summed E-state index contributed by atoms with van der Waals surface area (Å²) in [5.74, 6) is 0.524. The fourth-order valence-electron chi connectivity index (χ4n) is 3.94. The highest BCUT2D eigenvalue weighted by atomic mass is 16.5. The molecule has 0 radical (unpaired) electrons. The smallest absolute Gasteiger partial charge is 0.343 e. The van der Waals surface area contributed by atoms with Crippen LogP contribution in [0.25, 0.3) is 33.0 Å². The molecule has 4 aromatic carbocycles. The number of nitrogens with zero attached hydrogens (tertiary/aromatic N) is 1. The molecule has 4 heteroatoms. The Kier molecular flexibility index (Phi) is 5.56. The first-order valence-electron chi connectivity index (χ1n) is 10.6. The predicted molar refractivity (Wildman–Crippen MR) is 131 cm³/mol. The number of carbonyl (C=O) groups excluding carboxylic acids is 1. The van der Waals surface area contributed by atoms with Crippen LogP contribution in [0.1, 0.15) is 10.4 Å². The molecule has 0 saturated heterocycles. The van der Waals surface area contributed by atoms with Gasteiger partial charge in [0.15, 0.2) is 0 Å². The quantitative estimate of drug-likeness (QED) is 0.227. The van der Waals surface area contributed by atoms with E-state index in [-0.39, 0.29) is 0 Å². The zero-order valence-electron chi connectivity index (χ0n) is 18.1. The number of benzene rings is 4. The van der Waals surface area contributed by atoms with Gasteiger partial charge in [0.05, 0.1) is 12.7 Å². The molecule has 0 unspecified atom stereocenters. The zero-order valence-corrected chi connectivity index (χ0v) is 18.1. The molecule has 0 fully saturated rings. The molecule has 0 bridgehead atoms. The fourth-order valence-corrected chi connectivity index (χ4v) is 3.94. The molecule has 0 atom stereocenters. The summed E-state index contributed by atoms with van der Waals surface area (Å²) in [5.41, 5.74) is 4.54. The van der Waals surface area contributed by atoms with Crippen LogP contribution in [0.2, 0.25) is 0 Å². The number of aromatic nitrogens is 1. The van der Waals surface area contributed by atoms with E-state index < -0.39 is 5.97 Å². The lowest BCUT2D eigenvalue weighted by Crippen LogP contribution is -2.08. The third-order valence-electron chi connectivity index (χ3n) is 5.52. The van der Waals surface area contributed by atoms with Crippen molar-refractivity contribution in [3.63, 3.8) is 0 Å². The Balaban J connectivity index is 1.66. The van der Waals surface area contributed by atoms with Gasteiger partial charge in [-0.2, -0.15) is 0 Å². The molecule has 5 rings (SSSR count).